The molecule has 5 nitrogen and oxygen atoms in total. The van der Waals surface area contributed by atoms with Crippen molar-refractivity contribution in [3.05, 3.63) is 65.2 Å². The molecule has 1 aliphatic rings. The highest BCUT2D eigenvalue weighted by Crippen LogP contribution is 2.32. The normalized spacial score (nSPS) is 17.3. The topological polar surface area (TPSA) is 66.8 Å². The van der Waals surface area contributed by atoms with Crippen molar-refractivity contribution >= 4 is 11.9 Å². The van der Waals surface area contributed by atoms with Crippen LogP contribution >= 0.6 is 0 Å². The maximum Gasteiger partial charge on any atom is 0.312 e. The Bertz CT molecular complexity index is 817. The molecule has 0 aromatic heterocycles. The van der Waals surface area contributed by atoms with E-state index >= 15 is 0 Å². The number of carboxylic acid groups (broad SMARTS) is 1. The number of hydrogen-bond acceptors (Lipinski definition) is 3. The van der Waals surface area contributed by atoms with Crippen molar-refractivity contribution in [2.24, 2.45) is 0 Å². The third-order valence-corrected chi connectivity index (χ3v) is 5.00. The monoisotopic (exact) mass is 353 g/mol. The molecule has 3 rings (SSSR count). The number of ether oxygens (including phenoxy) is 1. The van der Waals surface area contributed by atoms with Crippen molar-refractivity contribution in [3.8, 4) is 5.75 Å². The van der Waals surface area contributed by atoms with Gasteiger partial charge in [0.25, 0.3) is 0 Å². The van der Waals surface area contributed by atoms with Crippen molar-refractivity contribution in [2.75, 3.05) is 13.7 Å². The van der Waals surface area contributed by atoms with E-state index in [0.717, 1.165) is 22.4 Å². The Hall–Kier alpha value is -2.82. The Kier molecular flexibility index (Phi) is 5.26. The summed E-state index contributed by atoms with van der Waals surface area (Å²) < 4.78 is 5.39. The first-order valence-electron chi connectivity index (χ1n) is 8.72. The average Bonchev–Trinajstić information content (AvgIpc) is 2.66. The molecule has 0 saturated heterocycles. The molecule has 2 atom stereocenters. The number of benzene rings is 2. The second kappa shape index (κ2) is 7.60. The van der Waals surface area contributed by atoms with Crippen molar-refractivity contribution in [2.45, 2.75) is 31.7 Å². The minimum atomic E-state index is -0.896. The Labute approximate surface area is 153 Å². The van der Waals surface area contributed by atoms with Crippen LogP contribution < -0.4 is 4.74 Å². The number of rotatable bonds is 5. The number of carbonyl (C=O) groups excluding carboxylic acids is 1. The molecule has 2 aromatic rings. The number of amides is 1. The van der Waals surface area contributed by atoms with Crippen molar-refractivity contribution < 1.29 is 19.4 Å². The molecule has 1 aliphatic heterocycles. The van der Waals surface area contributed by atoms with Gasteiger partial charge in [-0.25, -0.2) is 0 Å². The Morgan fingerprint density at radius 1 is 1.19 bits per heavy atom. The van der Waals surface area contributed by atoms with Crippen LogP contribution in [0.5, 0.6) is 5.75 Å². The summed E-state index contributed by atoms with van der Waals surface area (Å²) in [6, 6.07) is 15.1. The van der Waals surface area contributed by atoms with Crippen molar-refractivity contribution in [3.63, 3.8) is 0 Å². The zero-order chi connectivity index (χ0) is 18.7. The fourth-order valence-electron chi connectivity index (χ4n) is 3.58. The van der Waals surface area contributed by atoms with E-state index in [0.29, 0.717) is 13.0 Å². The fourth-order valence-corrected chi connectivity index (χ4v) is 3.58. The molecule has 0 fully saturated rings. The average molecular weight is 353 g/mol. The van der Waals surface area contributed by atoms with Crippen LogP contribution in [-0.2, 0) is 16.1 Å². The molecule has 0 radical (unpaired) electrons. The number of fused-ring (bicyclic) bond motifs is 1. The van der Waals surface area contributed by atoms with E-state index < -0.39 is 11.9 Å². The summed E-state index contributed by atoms with van der Waals surface area (Å²) in [5.74, 6) is -0.860. The molecular formula is C21H23NO4. The number of aliphatic carboxylic acids is 1. The van der Waals surface area contributed by atoms with Gasteiger partial charge in [-0.15, -0.1) is 0 Å². The summed E-state index contributed by atoms with van der Waals surface area (Å²) in [7, 11) is 1.62. The van der Waals surface area contributed by atoms with Crippen LogP contribution in [0, 0.1) is 0 Å². The summed E-state index contributed by atoms with van der Waals surface area (Å²) in [5.41, 5.74) is 2.70. The minimum absolute atomic E-state index is 0.0147. The Balaban J connectivity index is 1.77. The third-order valence-electron chi connectivity index (χ3n) is 5.00. The van der Waals surface area contributed by atoms with Gasteiger partial charge in [0.1, 0.15) is 5.75 Å². The van der Waals surface area contributed by atoms with Gasteiger partial charge in [0.05, 0.1) is 13.0 Å². The second-order valence-corrected chi connectivity index (χ2v) is 6.71. The molecule has 2 aromatic carbocycles. The molecule has 5 heteroatoms. The zero-order valence-corrected chi connectivity index (χ0v) is 15.0. The molecular weight excluding hydrogens is 330 g/mol. The van der Waals surface area contributed by atoms with E-state index in [4.69, 9.17) is 4.74 Å². The van der Waals surface area contributed by atoms with Gasteiger partial charge in [-0.3, -0.25) is 9.59 Å². The van der Waals surface area contributed by atoms with Gasteiger partial charge >= 0.3 is 5.97 Å². The number of nitrogens with zero attached hydrogens (tertiary/aromatic N) is 1. The number of carboxylic acids is 1. The fraction of sp³-hybridized carbons (Fsp3) is 0.333. The van der Waals surface area contributed by atoms with Gasteiger partial charge < -0.3 is 14.7 Å². The standard InChI is InChI=1S/C21H23NO4/c1-14(16-8-5-6-10-19(16)26-2)11-20(23)22-12-15-7-3-4-9-17(15)18(13-22)21(24)25/h3-10,14,18H,11-13H2,1-2H3,(H,24,25). The zero-order valence-electron chi connectivity index (χ0n) is 15.0. The lowest BCUT2D eigenvalue weighted by Gasteiger charge is -2.33. The van der Waals surface area contributed by atoms with Crippen LogP contribution in [0.2, 0.25) is 0 Å². The van der Waals surface area contributed by atoms with Gasteiger partial charge in [0.2, 0.25) is 5.91 Å². The lowest BCUT2D eigenvalue weighted by atomic mass is 9.89. The highest BCUT2D eigenvalue weighted by molar-refractivity contribution is 5.82. The molecule has 1 N–H and O–H groups in total. The quantitative estimate of drug-likeness (QED) is 0.895. The molecule has 136 valence electrons. The Morgan fingerprint density at radius 2 is 1.88 bits per heavy atom. The number of carbonyl (C=O) groups is 2. The first-order valence-corrected chi connectivity index (χ1v) is 8.72. The van der Waals surface area contributed by atoms with Gasteiger partial charge in [0.15, 0.2) is 0 Å². The lowest BCUT2D eigenvalue weighted by Crippen LogP contribution is -2.40. The number of para-hydroxylation sites is 1. The molecule has 0 saturated carbocycles. The predicted octanol–water partition coefficient (Wildman–Crippen LogP) is 3.40. The maximum absolute atomic E-state index is 12.9. The molecule has 0 spiro atoms. The number of methoxy groups -OCH3 is 1. The Morgan fingerprint density at radius 3 is 2.62 bits per heavy atom. The summed E-state index contributed by atoms with van der Waals surface area (Å²) in [5, 5.41) is 9.56. The summed E-state index contributed by atoms with van der Waals surface area (Å²) in [4.78, 5) is 26.2. The van der Waals surface area contributed by atoms with Gasteiger partial charge in [-0.2, -0.15) is 0 Å². The van der Waals surface area contributed by atoms with Crippen LogP contribution in [0.3, 0.4) is 0 Å². The van der Waals surface area contributed by atoms with E-state index in [9.17, 15) is 14.7 Å². The van der Waals surface area contributed by atoms with E-state index in [1.807, 2.05) is 55.5 Å². The highest BCUT2D eigenvalue weighted by Gasteiger charge is 2.32. The van der Waals surface area contributed by atoms with Crippen LogP contribution in [0.15, 0.2) is 48.5 Å². The van der Waals surface area contributed by atoms with Gasteiger partial charge in [-0.1, -0.05) is 49.4 Å². The predicted molar refractivity (Wildman–Crippen MR) is 98.3 cm³/mol. The van der Waals surface area contributed by atoms with Crippen LogP contribution in [-0.4, -0.2) is 35.5 Å². The summed E-state index contributed by atoms with van der Waals surface area (Å²) in [6.45, 7) is 2.66. The first kappa shape index (κ1) is 18.0. The minimum Gasteiger partial charge on any atom is -0.496 e. The number of hydrogen-bond donors (Lipinski definition) is 1. The molecule has 1 heterocycles. The third kappa shape index (κ3) is 3.57. The van der Waals surface area contributed by atoms with Gasteiger partial charge in [0, 0.05) is 19.5 Å². The van der Waals surface area contributed by atoms with Crippen LogP contribution in [0.1, 0.15) is 41.9 Å². The second-order valence-electron chi connectivity index (χ2n) is 6.71. The van der Waals surface area contributed by atoms with Crippen LogP contribution in [0.4, 0.5) is 0 Å². The van der Waals surface area contributed by atoms with Gasteiger partial charge in [-0.05, 0) is 28.7 Å². The molecule has 1 amide bonds. The van der Waals surface area contributed by atoms with Crippen LogP contribution in [0.25, 0.3) is 0 Å². The van der Waals surface area contributed by atoms with E-state index in [1.165, 1.54) is 0 Å². The summed E-state index contributed by atoms with van der Waals surface area (Å²) >= 11 is 0. The largest absolute Gasteiger partial charge is 0.496 e. The van der Waals surface area contributed by atoms with Crippen molar-refractivity contribution in [1.82, 2.24) is 4.90 Å². The molecule has 2 unspecified atom stereocenters. The van der Waals surface area contributed by atoms with E-state index in [-0.39, 0.29) is 18.4 Å². The first-order chi connectivity index (χ1) is 12.5. The summed E-state index contributed by atoms with van der Waals surface area (Å²) in [6.07, 6.45) is 0.314. The molecule has 0 aliphatic carbocycles. The van der Waals surface area contributed by atoms with E-state index in [1.54, 1.807) is 12.0 Å². The SMILES string of the molecule is COc1ccccc1C(C)CC(=O)N1Cc2ccccc2C(C(=O)O)C1. The molecule has 0 bridgehead atoms. The van der Waals surface area contributed by atoms with E-state index in [2.05, 4.69) is 0 Å². The molecule has 26 heavy (non-hydrogen) atoms. The smallest absolute Gasteiger partial charge is 0.312 e. The maximum atomic E-state index is 12.9. The highest BCUT2D eigenvalue weighted by atomic mass is 16.5. The van der Waals surface area contributed by atoms with Crippen molar-refractivity contribution in [1.29, 1.82) is 0 Å². The lowest BCUT2D eigenvalue weighted by molar-refractivity contribution is -0.141.